The second-order valence-corrected chi connectivity index (χ2v) is 7.20. The van der Waals surface area contributed by atoms with Crippen LogP contribution >= 0.6 is 11.3 Å². The Hall–Kier alpha value is -1.69. The van der Waals surface area contributed by atoms with Crippen LogP contribution < -0.4 is 0 Å². The van der Waals surface area contributed by atoms with Crippen molar-refractivity contribution in [1.29, 1.82) is 0 Å². The molecule has 1 aromatic heterocycles. The zero-order valence-corrected chi connectivity index (χ0v) is 14.3. The van der Waals surface area contributed by atoms with Gasteiger partial charge in [0.2, 0.25) is 0 Å². The fourth-order valence-corrected chi connectivity index (χ4v) is 4.77. The monoisotopic (exact) mass is 343 g/mol. The van der Waals surface area contributed by atoms with E-state index in [2.05, 4.69) is 12.6 Å². The summed E-state index contributed by atoms with van der Waals surface area (Å²) in [5.74, 6) is 0.120. The zero-order valence-electron chi connectivity index (χ0n) is 13.5. The summed E-state index contributed by atoms with van der Waals surface area (Å²) in [5.41, 5.74) is 0.812. The third kappa shape index (κ3) is 2.66. The molecule has 0 spiro atoms. The highest BCUT2D eigenvalue weighted by Gasteiger charge is 2.45. The van der Waals surface area contributed by atoms with Crippen molar-refractivity contribution in [3.63, 3.8) is 0 Å². The lowest BCUT2D eigenvalue weighted by Crippen LogP contribution is -2.53. The second kappa shape index (κ2) is 6.67. The van der Waals surface area contributed by atoms with E-state index in [9.17, 15) is 4.79 Å². The van der Waals surface area contributed by atoms with Crippen molar-refractivity contribution >= 4 is 27.3 Å². The molecule has 1 aromatic carbocycles. The van der Waals surface area contributed by atoms with E-state index >= 15 is 0 Å². The maximum Gasteiger partial charge on any atom is 0.255 e. The van der Waals surface area contributed by atoms with Crippen molar-refractivity contribution in [3.8, 4) is 0 Å². The number of ether oxygens (including phenoxy) is 2. The third-order valence-corrected chi connectivity index (χ3v) is 5.90. The van der Waals surface area contributed by atoms with Crippen LogP contribution in [0.1, 0.15) is 23.2 Å². The van der Waals surface area contributed by atoms with Crippen LogP contribution in [0.4, 0.5) is 0 Å². The van der Waals surface area contributed by atoms with Crippen LogP contribution in [0.5, 0.6) is 0 Å². The molecule has 0 N–H and O–H groups in total. The molecule has 126 valence electrons. The minimum atomic E-state index is -0.0208. The summed E-state index contributed by atoms with van der Waals surface area (Å²) in [6.07, 6.45) is 3.66. The van der Waals surface area contributed by atoms with Gasteiger partial charge in [-0.2, -0.15) is 0 Å². The Balaban J connectivity index is 1.57. The molecule has 24 heavy (non-hydrogen) atoms. The number of thiophene rings is 1. The van der Waals surface area contributed by atoms with Gasteiger partial charge in [0, 0.05) is 22.0 Å². The van der Waals surface area contributed by atoms with Crippen LogP contribution in [0.3, 0.4) is 0 Å². The number of rotatable bonds is 4. The van der Waals surface area contributed by atoms with E-state index in [4.69, 9.17) is 9.47 Å². The van der Waals surface area contributed by atoms with Gasteiger partial charge >= 0.3 is 0 Å². The molecule has 1 saturated heterocycles. The highest BCUT2D eigenvalue weighted by molar-refractivity contribution is 7.17. The summed E-state index contributed by atoms with van der Waals surface area (Å²) in [5, 5.41) is 3.03. The SMILES string of the molecule is C=CCO[C@@H]1CC[C@H]2[C@H]1OCCN2C(=O)c1csc2ccccc12. The number of benzene rings is 1. The lowest BCUT2D eigenvalue weighted by Gasteiger charge is -2.39. The minimum absolute atomic E-state index is 0.0208. The molecule has 2 fully saturated rings. The molecule has 3 atom stereocenters. The molecule has 4 rings (SSSR count). The van der Waals surface area contributed by atoms with Crippen molar-refractivity contribution in [2.24, 2.45) is 0 Å². The van der Waals surface area contributed by atoms with Gasteiger partial charge in [0.25, 0.3) is 5.91 Å². The first-order valence-corrected chi connectivity index (χ1v) is 9.29. The van der Waals surface area contributed by atoms with E-state index in [-0.39, 0.29) is 24.2 Å². The number of fused-ring (bicyclic) bond motifs is 2. The number of hydrogen-bond donors (Lipinski definition) is 0. The fraction of sp³-hybridized carbons (Fsp3) is 0.421. The molecule has 1 amide bonds. The maximum atomic E-state index is 13.2. The van der Waals surface area contributed by atoms with Crippen LogP contribution in [0.15, 0.2) is 42.3 Å². The van der Waals surface area contributed by atoms with Gasteiger partial charge in [-0.1, -0.05) is 24.3 Å². The third-order valence-electron chi connectivity index (χ3n) is 4.94. The van der Waals surface area contributed by atoms with Gasteiger partial charge in [-0.3, -0.25) is 4.79 Å². The van der Waals surface area contributed by atoms with E-state index in [1.54, 1.807) is 17.4 Å². The predicted molar refractivity (Wildman–Crippen MR) is 95.6 cm³/mol. The zero-order chi connectivity index (χ0) is 16.5. The normalized spacial score (nSPS) is 26.5. The lowest BCUT2D eigenvalue weighted by molar-refractivity contribution is -0.100. The van der Waals surface area contributed by atoms with Gasteiger partial charge in [0.05, 0.1) is 30.9 Å². The van der Waals surface area contributed by atoms with Crippen molar-refractivity contribution < 1.29 is 14.3 Å². The van der Waals surface area contributed by atoms with Gasteiger partial charge in [-0.15, -0.1) is 17.9 Å². The van der Waals surface area contributed by atoms with Gasteiger partial charge in [-0.25, -0.2) is 0 Å². The summed E-state index contributed by atoms with van der Waals surface area (Å²) in [4.78, 5) is 15.2. The van der Waals surface area contributed by atoms with Gasteiger partial charge in [0.15, 0.2) is 0 Å². The Kier molecular flexibility index (Phi) is 4.39. The lowest BCUT2D eigenvalue weighted by atomic mass is 10.1. The van der Waals surface area contributed by atoms with Crippen LogP contribution in [0, 0.1) is 0 Å². The predicted octanol–water partition coefficient (Wildman–Crippen LogP) is 3.48. The molecule has 5 heteroatoms. The quantitative estimate of drug-likeness (QED) is 0.798. The molecule has 2 aromatic rings. The fourth-order valence-electron chi connectivity index (χ4n) is 3.84. The summed E-state index contributed by atoms with van der Waals surface area (Å²) in [6, 6.07) is 8.20. The smallest absolute Gasteiger partial charge is 0.255 e. The van der Waals surface area contributed by atoms with Crippen molar-refractivity contribution in [1.82, 2.24) is 4.90 Å². The molecule has 2 heterocycles. The average Bonchev–Trinajstić information content (AvgIpc) is 3.23. The standard InChI is InChI=1S/C19H21NO3S/c1-2-10-22-16-8-7-15-18(16)23-11-9-20(15)19(21)14-12-24-17-6-4-3-5-13(14)17/h2-6,12,15-16,18H,1,7-11H2/t15-,16+,18+/m0/s1. The average molecular weight is 343 g/mol. The summed E-state index contributed by atoms with van der Waals surface area (Å²) in [6.45, 7) is 5.45. The van der Waals surface area contributed by atoms with E-state index in [1.807, 2.05) is 28.5 Å². The molecule has 0 unspecified atom stereocenters. The largest absolute Gasteiger partial charge is 0.372 e. The van der Waals surface area contributed by atoms with Gasteiger partial charge in [-0.05, 0) is 18.9 Å². The van der Waals surface area contributed by atoms with Crippen LogP contribution in [-0.4, -0.2) is 48.8 Å². The molecular formula is C19H21NO3S. The molecule has 1 aliphatic heterocycles. The Labute approximate surface area is 145 Å². The Morgan fingerprint density at radius 1 is 1.42 bits per heavy atom. The number of amides is 1. The number of nitrogens with zero attached hydrogens (tertiary/aromatic N) is 1. The van der Waals surface area contributed by atoms with Crippen molar-refractivity contribution in [2.45, 2.75) is 31.1 Å². The summed E-state index contributed by atoms with van der Waals surface area (Å²) in [7, 11) is 0. The summed E-state index contributed by atoms with van der Waals surface area (Å²) < 4.78 is 12.9. The van der Waals surface area contributed by atoms with Crippen LogP contribution in [0.25, 0.3) is 10.1 Å². The van der Waals surface area contributed by atoms with Gasteiger partial charge in [0.1, 0.15) is 6.10 Å². The van der Waals surface area contributed by atoms with E-state index < -0.39 is 0 Å². The topological polar surface area (TPSA) is 38.8 Å². The number of carbonyl (C=O) groups is 1. The Bertz CT molecular complexity index is 756. The second-order valence-electron chi connectivity index (χ2n) is 6.28. The molecule has 2 aliphatic rings. The van der Waals surface area contributed by atoms with Crippen LogP contribution in [0.2, 0.25) is 0 Å². The molecule has 1 saturated carbocycles. The van der Waals surface area contributed by atoms with E-state index in [0.717, 1.165) is 28.5 Å². The molecule has 0 bridgehead atoms. The van der Waals surface area contributed by atoms with Gasteiger partial charge < -0.3 is 14.4 Å². The van der Waals surface area contributed by atoms with Crippen molar-refractivity contribution in [3.05, 3.63) is 47.9 Å². The molecule has 4 nitrogen and oxygen atoms in total. The van der Waals surface area contributed by atoms with E-state index in [0.29, 0.717) is 19.8 Å². The summed E-state index contributed by atoms with van der Waals surface area (Å²) >= 11 is 1.63. The van der Waals surface area contributed by atoms with Crippen molar-refractivity contribution in [2.75, 3.05) is 19.8 Å². The Morgan fingerprint density at radius 3 is 3.17 bits per heavy atom. The number of hydrogen-bond acceptors (Lipinski definition) is 4. The Morgan fingerprint density at radius 2 is 2.29 bits per heavy atom. The number of morpholine rings is 1. The first-order valence-electron chi connectivity index (χ1n) is 8.41. The molecule has 0 radical (unpaired) electrons. The molecular weight excluding hydrogens is 322 g/mol. The first kappa shape index (κ1) is 15.8. The number of carbonyl (C=O) groups excluding carboxylic acids is 1. The molecule has 1 aliphatic carbocycles. The first-order chi connectivity index (χ1) is 11.8. The maximum absolute atomic E-state index is 13.2. The van der Waals surface area contributed by atoms with E-state index in [1.165, 1.54) is 0 Å². The minimum Gasteiger partial charge on any atom is -0.372 e. The van der Waals surface area contributed by atoms with Crippen LogP contribution in [-0.2, 0) is 9.47 Å². The highest BCUT2D eigenvalue weighted by atomic mass is 32.1. The highest BCUT2D eigenvalue weighted by Crippen LogP contribution is 2.34.